The third-order valence-corrected chi connectivity index (χ3v) is 1.92. The highest BCUT2D eigenvalue weighted by Crippen LogP contribution is 2.20. The van der Waals surface area contributed by atoms with Gasteiger partial charge in [-0.05, 0) is 29.8 Å². The Morgan fingerprint density at radius 2 is 2.15 bits per heavy atom. The zero-order valence-corrected chi connectivity index (χ0v) is 7.12. The molecule has 66 valence electrons. The van der Waals surface area contributed by atoms with Gasteiger partial charge in [-0.15, -0.1) is 0 Å². The summed E-state index contributed by atoms with van der Waals surface area (Å²) in [6.45, 7) is 0. The normalized spacial score (nSPS) is 26.2. The van der Waals surface area contributed by atoms with Crippen LogP contribution in [0.2, 0.25) is 0 Å². The molecule has 0 radical (unpaired) electrons. The van der Waals surface area contributed by atoms with Gasteiger partial charge in [-0.2, -0.15) is 4.99 Å². The summed E-state index contributed by atoms with van der Waals surface area (Å²) in [6, 6.07) is 0. The average Bonchev–Trinajstić information content (AvgIpc) is 2.06. The molecular weight excluding hydrogens is 195 g/mol. The van der Waals surface area contributed by atoms with Crippen molar-refractivity contribution < 1.29 is 9.18 Å². The summed E-state index contributed by atoms with van der Waals surface area (Å²) in [7, 11) is 0. The van der Waals surface area contributed by atoms with E-state index in [1.807, 2.05) is 0 Å². The molecule has 1 unspecified atom stereocenters. The van der Waals surface area contributed by atoms with Crippen LogP contribution in [0.15, 0.2) is 34.0 Å². The average molecular weight is 199 g/mol. The molecule has 0 bridgehead atoms. The van der Waals surface area contributed by atoms with E-state index in [4.69, 9.17) is 11.6 Å². The first kappa shape index (κ1) is 8.31. The molecule has 2 aliphatic rings. The van der Waals surface area contributed by atoms with Crippen LogP contribution in [0.4, 0.5) is 4.39 Å². The van der Waals surface area contributed by atoms with E-state index in [1.54, 1.807) is 0 Å². The molecule has 3 nitrogen and oxygen atoms in total. The molecule has 0 N–H and O–H groups in total. The number of halogens is 2. The Bertz CT molecular complexity index is 395. The van der Waals surface area contributed by atoms with Crippen LogP contribution in [0, 0.1) is 5.92 Å². The van der Waals surface area contributed by atoms with Crippen LogP contribution in [0.3, 0.4) is 0 Å². The molecule has 1 amide bonds. The van der Waals surface area contributed by atoms with E-state index >= 15 is 0 Å². The molecule has 0 aromatic heterocycles. The van der Waals surface area contributed by atoms with Crippen LogP contribution in [-0.4, -0.2) is 16.9 Å². The SMILES string of the molecule is O=C1N=C(Cl)N=C2C=CC(F)=CC12. The maximum atomic E-state index is 12.7. The van der Waals surface area contributed by atoms with Crippen molar-refractivity contribution in [1.82, 2.24) is 0 Å². The highest BCUT2D eigenvalue weighted by Gasteiger charge is 2.27. The van der Waals surface area contributed by atoms with Crippen molar-refractivity contribution in [2.45, 2.75) is 0 Å². The standard InChI is InChI=1S/C8H4ClFN2O/c9-8-11-6-2-1-4(10)3-5(6)7(13)12-8/h1-3,5H. The lowest BCUT2D eigenvalue weighted by Crippen LogP contribution is -2.26. The van der Waals surface area contributed by atoms with Crippen molar-refractivity contribution in [1.29, 1.82) is 0 Å². The Hall–Kier alpha value is -1.29. The zero-order valence-electron chi connectivity index (χ0n) is 6.37. The molecular formula is C8H4ClFN2O. The smallest absolute Gasteiger partial charge is 0.261 e. The van der Waals surface area contributed by atoms with Gasteiger partial charge in [0.25, 0.3) is 5.91 Å². The second-order valence-corrected chi connectivity index (χ2v) is 2.96. The van der Waals surface area contributed by atoms with Gasteiger partial charge < -0.3 is 0 Å². The lowest BCUT2D eigenvalue weighted by atomic mass is 9.96. The third kappa shape index (κ3) is 1.45. The van der Waals surface area contributed by atoms with Gasteiger partial charge in [0.2, 0.25) is 5.29 Å². The molecule has 1 aliphatic heterocycles. The first-order chi connectivity index (χ1) is 6.16. The van der Waals surface area contributed by atoms with Crippen molar-refractivity contribution in [3.8, 4) is 0 Å². The highest BCUT2D eigenvalue weighted by atomic mass is 35.5. The van der Waals surface area contributed by atoms with E-state index in [0.29, 0.717) is 5.71 Å². The molecule has 0 saturated carbocycles. The molecule has 2 rings (SSSR count). The molecule has 1 atom stereocenters. The lowest BCUT2D eigenvalue weighted by Gasteiger charge is -2.15. The summed E-state index contributed by atoms with van der Waals surface area (Å²) >= 11 is 5.46. The molecule has 0 aromatic carbocycles. The minimum absolute atomic E-state index is 0.100. The van der Waals surface area contributed by atoms with Crippen molar-refractivity contribution in [3.63, 3.8) is 0 Å². The molecule has 0 saturated heterocycles. The second kappa shape index (κ2) is 2.88. The molecule has 0 fully saturated rings. The number of amides is 1. The van der Waals surface area contributed by atoms with Gasteiger partial charge >= 0.3 is 0 Å². The number of amidine groups is 1. The van der Waals surface area contributed by atoms with Crippen LogP contribution >= 0.6 is 11.6 Å². The van der Waals surface area contributed by atoms with Crippen LogP contribution < -0.4 is 0 Å². The Balaban J connectivity index is 2.44. The van der Waals surface area contributed by atoms with Gasteiger partial charge in [0.05, 0.1) is 5.71 Å². The molecule has 13 heavy (non-hydrogen) atoms. The van der Waals surface area contributed by atoms with Crippen LogP contribution in [0.1, 0.15) is 0 Å². The number of rotatable bonds is 0. The van der Waals surface area contributed by atoms with Crippen molar-refractivity contribution in [2.24, 2.45) is 15.9 Å². The number of nitrogens with zero attached hydrogens (tertiary/aromatic N) is 2. The van der Waals surface area contributed by atoms with Crippen LogP contribution in [0.25, 0.3) is 0 Å². The second-order valence-electron chi connectivity index (χ2n) is 2.62. The fourth-order valence-corrected chi connectivity index (χ4v) is 1.35. The number of fused-ring (bicyclic) bond motifs is 1. The summed E-state index contributed by atoms with van der Waals surface area (Å²) < 4.78 is 12.7. The minimum Gasteiger partial charge on any atom is -0.271 e. The predicted octanol–water partition coefficient (Wildman–Crippen LogP) is 1.60. The van der Waals surface area contributed by atoms with Crippen LogP contribution in [-0.2, 0) is 4.79 Å². The summed E-state index contributed by atoms with van der Waals surface area (Å²) in [5.74, 6) is -1.63. The maximum absolute atomic E-state index is 12.7. The van der Waals surface area contributed by atoms with Gasteiger partial charge in [-0.1, -0.05) is 0 Å². The third-order valence-electron chi connectivity index (χ3n) is 1.75. The summed E-state index contributed by atoms with van der Waals surface area (Å²) in [5.41, 5.74) is 0.436. The van der Waals surface area contributed by atoms with Gasteiger partial charge in [-0.3, -0.25) is 4.79 Å². The largest absolute Gasteiger partial charge is 0.271 e. The van der Waals surface area contributed by atoms with Gasteiger partial charge in [0.15, 0.2) is 0 Å². The number of aliphatic imine (C=N–C) groups is 2. The maximum Gasteiger partial charge on any atom is 0.261 e. The Morgan fingerprint density at radius 3 is 2.92 bits per heavy atom. The summed E-state index contributed by atoms with van der Waals surface area (Å²) in [5, 5.41) is -0.100. The first-order valence-electron chi connectivity index (χ1n) is 3.59. The summed E-state index contributed by atoms with van der Waals surface area (Å²) in [6.07, 6.45) is 3.83. The predicted molar refractivity (Wildman–Crippen MR) is 47.6 cm³/mol. The highest BCUT2D eigenvalue weighted by molar-refractivity contribution is 6.67. The zero-order chi connectivity index (χ0) is 9.42. The van der Waals surface area contributed by atoms with E-state index in [-0.39, 0.29) is 5.29 Å². The van der Waals surface area contributed by atoms with Crippen LogP contribution in [0.5, 0.6) is 0 Å². The number of hydrogen-bond donors (Lipinski definition) is 0. The van der Waals surface area contributed by atoms with Crippen molar-refractivity contribution in [2.75, 3.05) is 0 Å². The molecule has 1 aliphatic carbocycles. The number of carbonyl (C=O) groups excluding carboxylic acids is 1. The van der Waals surface area contributed by atoms with Crippen molar-refractivity contribution >= 4 is 28.5 Å². The Morgan fingerprint density at radius 1 is 1.38 bits per heavy atom. The molecule has 0 aromatic rings. The van der Waals surface area contributed by atoms with Gasteiger partial charge in [-0.25, -0.2) is 9.38 Å². The van der Waals surface area contributed by atoms with E-state index in [9.17, 15) is 9.18 Å². The Kier molecular flexibility index (Phi) is 1.84. The topological polar surface area (TPSA) is 41.8 Å². The molecule has 1 heterocycles. The Labute approximate surface area is 78.3 Å². The quantitative estimate of drug-likeness (QED) is 0.545. The molecule has 0 spiro atoms. The van der Waals surface area contributed by atoms with E-state index in [2.05, 4.69) is 9.98 Å². The number of carbonyl (C=O) groups is 1. The van der Waals surface area contributed by atoms with E-state index < -0.39 is 17.7 Å². The lowest BCUT2D eigenvalue weighted by molar-refractivity contribution is -0.118. The monoisotopic (exact) mass is 198 g/mol. The van der Waals surface area contributed by atoms with E-state index in [1.165, 1.54) is 18.2 Å². The van der Waals surface area contributed by atoms with Crippen molar-refractivity contribution in [3.05, 3.63) is 24.1 Å². The molecule has 5 heteroatoms. The van der Waals surface area contributed by atoms with Gasteiger partial charge in [0.1, 0.15) is 11.7 Å². The fourth-order valence-electron chi connectivity index (χ4n) is 1.17. The van der Waals surface area contributed by atoms with Gasteiger partial charge in [0, 0.05) is 0 Å². The number of hydrogen-bond acceptors (Lipinski definition) is 2. The fraction of sp³-hybridized carbons (Fsp3) is 0.125. The minimum atomic E-state index is -0.701. The number of allylic oxidation sites excluding steroid dienone is 3. The summed E-state index contributed by atoms with van der Waals surface area (Å²) in [4.78, 5) is 18.4. The first-order valence-corrected chi connectivity index (χ1v) is 3.96. The van der Waals surface area contributed by atoms with E-state index in [0.717, 1.165) is 0 Å².